The van der Waals surface area contributed by atoms with Crippen LogP contribution in [0.15, 0.2) is 85.4 Å². The molecule has 0 saturated carbocycles. The Hall–Kier alpha value is -4.85. The molecule has 36 heavy (non-hydrogen) atoms. The van der Waals surface area contributed by atoms with Crippen LogP contribution in [0.4, 0.5) is 0 Å². The van der Waals surface area contributed by atoms with Gasteiger partial charge in [0.05, 0.1) is 25.2 Å². The number of phenols is 1. The molecule has 178 valence electrons. The minimum atomic E-state index is -0.842. The Labute approximate surface area is 202 Å². The third-order valence-corrected chi connectivity index (χ3v) is 6.36. The van der Waals surface area contributed by atoms with Gasteiger partial charge in [0.2, 0.25) is 0 Å². The predicted molar refractivity (Wildman–Crippen MR) is 131 cm³/mol. The molecule has 0 saturated heterocycles. The fourth-order valence-corrected chi connectivity index (χ4v) is 4.66. The lowest BCUT2D eigenvalue weighted by Gasteiger charge is -2.25. The van der Waals surface area contributed by atoms with Crippen LogP contribution in [0.3, 0.4) is 0 Å². The molecule has 6 rings (SSSR count). The topological polar surface area (TPSA) is 116 Å². The molecule has 0 unspecified atom stereocenters. The van der Waals surface area contributed by atoms with Crippen LogP contribution in [0.25, 0.3) is 33.3 Å². The summed E-state index contributed by atoms with van der Waals surface area (Å²) in [7, 11) is 1.49. The standard InChI is InChI=1S/C28H18O8/c1-33-15-7-8-21-17(9-15)27(32)18(13-34-21)16-10-24(31)35-23-12-20(30)26-19(29)11-22(36-28(26)25(16)23)14-5-3-2-4-6-14/h2-9,11-13,16,30H,10H2,1H3/t16-/m0/s1. The first-order chi connectivity index (χ1) is 17.4. The number of aromatic hydroxyl groups is 1. The van der Waals surface area contributed by atoms with Crippen molar-refractivity contribution >= 4 is 27.9 Å². The monoisotopic (exact) mass is 482 g/mol. The zero-order valence-electron chi connectivity index (χ0n) is 18.9. The number of esters is 1. The Morgan fingerprint density at radius 2 is 1.81 bits per heavy atom. The number of hydrogen-bond acceptors (Lipinski definition) is 8. The van der Waals surface area contributed by atoms with Gasteiger partial charge in [-0.1, -0.05) is 30.3 Å². The molecule has 8 nitrogen and oxygen atoms in total. The second-order valence-electron chi connectivity index (χ2n) is 8.47. The van der Waals surface area contributed by atoms with Crippen molar-refractivity contribution in [2.75, 3.05) is 7.11 Å². The second kappa shape index (κ2) is 8.13. The second-order valence-corrected chi connectivity index (χ2v) is 8.47. The Morgan fingerprint density at radius 1 is 1.00 bits per heavy atom. The fraction of sp³-hybridized carbons (Fsp3) is 0.107. The highest BCUT2D eigenvalue weighted by Crippen LogP contribution is 2.45. The first-order valence-electron chi connectivity index (χ1n) is 11.1. The minimum absolute atomic E-state index is 0.0137. The third-order valence-electron chi connectivity index (χ3n) is 6.36. The van der Waals surface area contributed by atoms with E-state index in [1.165, 1.54) is 25.5 Å². The number of carbonyl (C=O) groups is 1. The van der Waals surface area contributed by atoms with Crippen molar-refractivity contribution in [1.29, 1.82) is 0 Å². The number of benzene rings is 3. The molecule has 0 bridgehead atoms. The summed E-state index contributed by atoms with van der Waals surface area (Å²) >= 11 is 0. The maximum absolute atomic E-state index is 13.6. The molecule has 2 aromatic heterocycles. The molecule has 0 amide bonds. The molecule has 0 spiro atoms. The van der Waals surface area contributed by atoms with Gasteiger partial charge in [-0.3, -0.25) is 14.4 Å². The molecule has 3 heterocycles. The Bertz CT molecular complexity index is 1800. The number of carbonyl (C=O) groups excluding carboxylic acids is 1. The Balaban J connectivity index is 1.66. The van der Waals surface area contributed by atoms with E-state index in [1.54, 1.807) is 42.5 Å². The Kier molecular flexibility index (Phi) is 4.89. The molecular formula is C28H18O8. The van der Waals surface area contributed by atoms with Crippen LogP contribution in [0.2, 0.25) is 0 Å². The third kappa shape index (κ3) is 3.34. The lowest BCUT2D eigenvalue weighted by Crippen LogP contribution is -2.25. The summed E-state index contributed by atoms with van der Waals surface area (Å²) in [6, 6.07) is 16.4. The number of rotatable bonds is 3. The zero-order chi connectivity index (χ0) is 25.0. The van der Waals surface area contributed by atoms with E-state index in [1.807, 2.05) is 6.07 Å². The van der Waals surface area contributed by atoms with Crippen LogP contribution in [0.1, 0.15) is 23.5 Å². The van der Waals surface area contributed by atoms with Crippen LogP contribution in [0, 0.1) is 0 Å². The van der Waals surface area contributed by atoms with E-state index in [2.05, 4.69) is 0 Å². The van der Waals surface area contributed by atoms with E-state index in [9.17, 15) is 19.5 Å². The van der Waals surface area contributed by atoms with E-state index in [0.717, 1.165) is 0 Å². The SMILES string of the molecule is COc1ccc2occ([C@@H]3CC(=O)Oc4cc(O)c5c(=O)cc(-c6ccccc6)oc5c43)c(=O)c2c1. The van der Waals surface area contributed by atoms with Gasteiger partial charge in [0.15, 0.2) is 10.9 Å². The number of ether oxygens (including phenoxy) is 2. The molecule has 1 aliphatic rings. The first kappa shape index (κ1) is 21.7. The van der Waals surface area contributed by atoms with E-state index < -0.39 is 17.3 Å². The number of phenolic OH excluding ortho intramolecular Hbond substituents is 1. The van der Waals surface area contributed by atoms with Gasteiger partial charge in [0, 0.05) is 34.7 Å². The van der Waals surface area contributed by atoms with Gasteiger partial charge in [0.1, 0.15) is 39.6 Å². The molecule has 3 aromatic carbocycles. The summed E-state index contributed by atoms with van der Waals surface area (Å²) in [6.45, 7) is 0. The van der Waals surface area contributed by atoms with E-state index in [4.69, 9.17) is 18.3 Å². The highest BCUT2D eigenvalue weighted by molar-refractivity contribution is 5.93. The highest BCUT2D eigenvalue weighted by Gasteiger charge is 2.35. The number of fused-ring (bicyclic) bond motifs is 4. The summed E-state index contributed by atoms with van der Waals surface area (Å²) in [4.78, 5) is 39.2. The average molecular weight is 482 g/mol. The quantitative estimate of drug-likeness (QED) is 0.290. The van der Waals surface area contributed by atoms with Gasteiger partial charge >= 0.3 is 5.97 Å². The van der Waals surface area contributed by atoms with Gasteiger partial charge in [-0.15, -0.1) is 0 Å². The van der Waals surface area contributed by atoms with Crippen molar-refractivity contribution in [2.24, 2.45) is 0 Å². The highest BCUT2D eigenvalue weighted by atomic mass is 16.5. The van der Waals surface area contributed by atoms with Crippen molar-refractivity contribution in [3.05, 3.63) is 98.5 Å². The summed E-state index contributed by atoms with van der Waals surface area (Å²) in [5, 5.41) is 10.8. The number of methoxy groups -OCH3 is 1. The van der Waals surface area contributed by atoms with E-state index in [-0.39, 0.29) is 51.0 Å². The van der Waals surface area contributed by atoms with E-state index in [0.29, 0.717) is 22.5 Å². The number of hydrogen-bond donors (Lipinski definition) is 1. The molecule has 0 aliphatic carbocycles. The lowest BCUT2D eigenvalue weighted by molar-refractivity contribution is -0.135. The summed E-state index contributed by atoms with van der Waals surface area (Å²) < 4.78 is 22.5. The maximum Gasteiger partial charge on any atom is 0.312 e. The van der Waals surface area contributed by atoms with Crippen LogP contribution < -0.4 is 20.3 Å². The zero-order valence-corrected chi connectivity index (χ0v) is 18.9. The molecule has 0 radical (unpaired) electrons. The van der Waals surface area contributed by atoms with Crippen LogP contribution in [-0.2, 0) is 4.79 Å². The molecule has 1 N–H and O–H groups in total. The van der Waals surface area contributed by atoms with Gasteiger partial charge < -0.3 is 23.4 Å². The molecule has 5 aromatic rings. The average Bonchev–Trinajstić information content (AvgIpc) is 2.88. The lowest BCUT2D eigenvalue weighted by atomic mass is 9.85. The van der Waals surface area contributed by atoms with Gasteiger partial charge in [-0.25, -0.2) is 0 Å². The normalized spacial score (nSPS) is 15.0. The summed E-state index contributed by atoms with van der Waals surface area (Å²) in [5.74, 6) is -1.07. The summed E-state index contributed by atoms with van der Waals surface area (Å²) in [6.07, 6.45) is 1.12. The largest absolute Gasteiger partial charge is 0.507 e. The molecule has 1 aliphatic heterocycles. The smallest absolute Gasteiger partial charge is 0.312 e. The van der Waals surface area contributed by atoms with Crippen molar-refractivity contribution < 1.29 is 28.2 Å². The van der Waals surface area contributed by atoms with Crippen molar-refractivity contribution in [3.8, 4) is 28.6 Å². The van der Waals surface area contributed by atoms with Gasteiger partial charge in [-0.05, 0) is 18.2 Å². The van der Waals surface area contributed by atoms with Crippen molar-refractivity contribution in [1.82, 2.24) is 0 Å². The Morgan fingerprint density at radius 3 is 2.58 bits per heavy atom. The van der Waals surface area contributed by atoms with Crippen LogP contribution in [0.5, 0.6) is 17.2 Å². The van der Waals surface area contributed by atoms with E-state index >= 15 is 0 Å². The summed E-state index contributed by atoms with van der Waals surface area (Å²) in [5.41, 5.74) is 0.719. The predicted octanol–water partition coefficient (Wildman–Crippen LogP) is 4.72. The molecule has 8 heteroatoms. The molecular weight excluding hydrogens is 464 g/mol. The maximum atomic E-state index is 13.6. The van der Waals surface area contributed by atoms with Crippen molar-refractivity contribution in [2.45, 2.75) is 12.3 Å². The molecule has 0 fully saturated rings. The van der Waals surface area contributed by atoms with Gasteiger partial charge in [-0.2, -0.15) is 0 Å². The van der Waals surface area contributed by atoms with Gasteiger partial charge in [0.25, 0.3) is 0 Å². The molecule has 1 atom stereocenters. The van der Waals surface area contributed by atoms with Crippen molar-refractivity contribution in [3.63, 3.8) is 0 Å². The fourth-order valence-electron chi connectivity index (χ4n) is 4.66. The van der Waals surface area contributed by atoms with Crippen LogP contribution >= 0.6 is 0 Å². The minimum Gasteiger partial charge on any atom is -0.507 e. The first-order valence-corrected chi connectivity index (χ1v) is 11.1. The van der Waals surface area contributed by atoms with Crippen LogP contribution in [-0.4, -0.2) is 18.2 Å².